The van der Waals surface area contributed by atoms with E-state index >= 15 is 0 Å². The summed E-state index contributed by atoms with van der Waals surface area (Å²) in [7, 11) is 3.98. The predicted octanol–water partition coefficient (Wildman–Crippen LogP) is 1.31. The SMILES string of the molecule is Cc1ccc2nc(N(CCCN(C)C)C(=O)c3cc4ccccc4oc3=O)sc2c1.[Cl-]. The van der Waals surface area contributed by atoms with Gasteiger partial charge >= 0.3 is 5.63 Å². The Hall–Kier alpha value is -2.74. The van der Waals surface area contributed by atoms with E-state index in [2.05, 4.69) is 16.0 Å². The van der Waals surface area contributed by atoms with Crippen LogP contribution >= 0.6 is 11.3 Å². The highest BCUT2D eigenvalue weighted by Gasteiger charge is 2.24. The summed E-state index contributed by atoms with van der Waals surface area (Å²) in [4.78, 5) is 34.4. The van der Waals surface area contributed by atoms with Crippen LogP contribution in [0.25, 0.3) is 21.2 Å². The van der Waals surface area contributed by atoms with E-state index in [9.17, 15) is 9.59 Å². The molecule has 0 N–H and O–H groups in total. The minimum atomic E-state index is -0.631. The quantitative estimate of drug-likeness (QED) is 0.409. The molecule has 31 heavy (non-hydrogen) atoms. The zero-order chi connectivity index (χ0) is 21.3. The number of hydrogen-bond donors (Lipinski definition) is 0. The zero-order valence-corrected chi connectivity index (χ0v) is 19.2. The lowest BCUT2D eigenvalue weighted by atomic mass is 10.1. The minimum absolute atomic E-state index is 0. The van der Waals surface area contributed by atoms with Gasteiger partial charge in [0.25, 0.3) is 5.91 Å². The number of aromatic nitrogens is 1. The molecule has 8 heteroatoms. The van der Waals surface area contributed by atoms with Crippen LogP contribution in [-0.2, 0) is 0 Å². The van der Waals surface area contributed by atoms with Gasteiger partial charge in [-0.05, 0) is 63.8 Å². The van der Waals surface area contributed by atoms with Crippen molar-refractivity contribution >= 4 is 43.6 Å². The molecule has 0 aliphatic carbocycles. The van der Waals surface area contributed by atoms with E-state index in [1.807, 2.05) is 45.3 Å². The topological polar surface area (TPSA) is 66.7 Å². The smallest absolute Gasteiger partial charge is 0.349 e. The third-order valence-corrected chi connectivity index (χ3v) is 5.91. The van der Waals surface area contributed by atoms with E-state index in [1.165, 1.54) is 11.3 Å². The third-order valence-electron chi connectivity index (χ3n) is 4.87. The van der Waals surface area contributed by atoms with Gasteiger partial charge in [-0.15, -0.1) is 0 Å². The average molecular weight is 457 g/mol. The molecule has 0 spiro atoms. The van der Waals surface area contributed by atoms with Crippen molar-refractivity contribution in [2.45, 2.75) is 13.3 Å². The largest absolute Gasteiger partial charge is 1.00 e. The predicted molar refractivity (Wildman–Crippen MR) is 122 cm³/mol. The first kappa shape index (κ1) is 22.9. The number of fused-ring (bicyclic) bond motifs is 2. The van der Waals surface area contributed by atoms with E-state index in [0.717, 1.165) is 28.7 Å². The van der Waals surface area contributed by atoms with Crippen LogP contribution in [0.1, 0.15) is 22.3 Å². The maximum Gasteiger partial charge on any atom is 0.349 e. The Kier molecular flexibility index (Phi) is 7.10. The molecule has 0 aliphatic rings. The summed E-state index contributed by atoms with van der Waals surface area (Å²) in [6, 6.07) is 14.8. The van der Waals surface area contributed by atoms with Gasteiger partial charge in [-0.1, -0.05) is 35.6 Å². The summed E-state index contributed by atoms with van der Waals surface area (Å²) in [6.45, 7) is 3.31. The van der Waals surface area contributed by atoms with Crippen molar-refractivity contribution in [1.29, 1.82) is 0 Å². The molecule has 0 saturated carbocycles. The van der Waals surface area contributed by atoms with Crippen LogP contribution in [0.15, 0.2) is 57.7 Å². The minimum Gasteiger partial charge on any atom is -1.00 e. The molecule has 0 radical (unpaired) electrons. The van der Waals surface area contributed by atoms with E-state index in [-0.39, 0.29) is 23.9 Å². The summed E-state index contributed by atoms with van der Waals surface area (Å²) < 4.78 is 6.40. The summed E-state index contributed by atoms with van der Waals surface area (Å²) in [5.41, 5.74) is 1.84. The van der Waals surface area contributed by atoms with Crippen LogP contribution in [0.2, 0.25) is 0 Å². The number of rotatable bonds is 6. The van der Waals surface area contributed by atoms with Crippen molar-refractivity contribution in [1.82, 2.24) is 9.88 Å². The maximum atomic E-state index is 13.4. The molecule has 2 aromatic heterocycles. The number of benzene rings is 2. The molecule has 162 valence electrons. The third kappa shape index (κ3) is 4.95. The van der Waals surface area contributed by atoms with E-state index < -0.39 is 5.63 Å². The zero-order valence-electron chi connectivity index (χ0n) is 17.6. The fourth-order valence-corrected chi connectivity index (χ4v) is 4.41. The van der Waals surface area contributed by atoms with Crippen molar-refractivity contribution in [2.24, 2.45) is 0 Å². The summed E-state index contributed by atoms with van der Waals surface area (Å²) >= 11 is 1.46. The number of carbonyl (C=O) groups excluding carboxylic acids is 1. The lowest BCUT2D eigenvalue weighted by molar-refractivity contribution is -0.0000145. The molecule has 0 fully saturated rings. The van der Waals surface area contributed by atoms with Gasteiger partial charge in [0.2, 0.25) is 0 Å². The fraction of sp³-hybridized carbons (Fsp3) is 0.261. The number of anilines is 1. The van der Waals surface area contributed by atoms with E-state index in [1.54, 1.807) is 23.1 Å². The molecule has 1 amide bonds. The molecule has 0 saturated heterocycles. The van der Waals surface area contributed by atoms with Gasteiger partial charge in [0.15, 0.2) is 5.13 Å². The highest BCUT2D eigenvalue weighted by atomic mass is 35.5. The second kappa shape index (κ2) is 9.60. The van der Waals surface area contributed by atoms with E-state index in [0.29, 0.717) is 22.6 Å². The molecule has 0 atom stereocenters. The standard InChI is InChI=1S/C23H23N3O3S.ClH/c1-15-9-10-18-20(13-15)30-23(24-18)26(12-6-11-25(2)3)21(27)17-14-16-7-4-5-8-19(16)29-22(17)28;/h4-5,7-10,13-14H,6,11-12H2,1-3H3;1H/p-1. The Balaban J connectivity index is 0.00000272. The molecule has 0 bridgehead atoms. The number of aryl methyl sites for hydroxylation is 1. The monoisotopic (exact) mass is 456 g/mol. The molecule has 4 rings (SSSR count). The maximum absolute atomic E-state index is 13.4. The van der Waals surface area contributed by atoms with E-state index in [4.69, 9.17) is 4.42 Å². The summed E-state index contributed by atoms with van der Waals surface area (Å²) in [5, 5.41) is 1.31. The normalized spacial score (nSPS) is 11.1. The van der Waals surface area contributed by atoms with Crippen LogP contribution < -0.4 is 22.9 Å². The van der Waals surface area contributed by atoms with Crippen molar-refractivity contribution in [3.63, 3.8) is 0 Å². The Morgan fingerprint density at radius 3 is 2.65 bits per heavy atom. The highest BCUT2D eigenvalue weighted by molar-refractivity contribution is 7.22. The first-order valence-electron chi connectivity index (χ1n) is 9.79. The number of halogens is 1. The lowest BCUT2D eigenvalue weighted by Gasteiger charge is -2.20. The van der Waals surface area contributed by atoms with Gasteiger partial charge in [-0.25, -0.2) is 9.78 Å². The molecule has 0 unspecified atom stereocenters. The van der Waals surface area contributed by atoms with Crippen LogP contribution in [0, 0.1) is 6.92 Å². The van der Waals surface area contributed by atoms with Crippen LogP contribution in [0.4, 0.5) is 5.13 Å². The molecule has 2 aromatic carbocycles. The number of amides is 1. The van der Waals surface area contributed by atoms with Gasteiger partial charge in [0.1, 0.15) is 11.1 Å². The first-order valence-corrected chi connectivity index (χ1v) is 10.6. The second-order valence-corrected chi connectivity index (χ2v) is 8.58. The molecule has 4 aromatic rings. The Bertz CT molecular complexity index is 1280. The molecular weight excluding hydrogens is 434 g/mol. The summed E-state index contributed by atoms with van der Waals surface area (Å²) in [6.07, 6.45) is 0.757. The van der Waals surface area contributed by atoms with Crippen LogP contribution in [-0.4, -0.2) is 43.0 Å². The van der Waals surface area contributed by atoms with Crippen LogP contribution in [0.5, 0.6) is 0 Å². The van der Waals surface area contributed by atoms with Gasteiger partial charge < -0.3 is 21.7 Å². The Morgan fingerprint density at radius 2 is 1.87 bits per heavy atom. The second-order valence-electron chi connectivity index (χ2n) is 7.57. The first-order chi connectivity index (χ1) is 14.4. The highest BCUT2D eigenvalue weighted by Crippen LogP contribution is 2.30. The number of thiazole rings is 1. The van der Waals surface area contributed by atoms with Crippen molar-refractivity contribution in [3.8, 4) is 0 Å². The molecule has 6 nitrogen and oxygen atoms in total. The lowest BCUT2D eigenvalue weighted by Crippen LogP contribution is -3.00. The van der Waals surface area contributed by atoms with Gasteiger partial charge in [-0.3, -0.25) is 9.69 Å². The fourth-order valence-electron chi connectivity index (χ4n) is 3.32. The van der Waals surface area contributed by atoms with Gasteiger partial charge in [-0.2, -0.15) is 0 Å². The van der Waals surface area contributed by atoms with Gasteiger partial charge in [0, 0.05) is 11.9 Å². The van der Waals surface area contributed by atoms with Gasteiger partial charge in [0.05, 0.1) is 10.2 Å². The van der Waals surface area contributed by atoms with Crippen molar-refractivity contribution in [2.75, 3.05) is 32.1 Å². The Morgan fingerprint density at radius 1 is 1.10 bits per heavy atom. The van der Waals surface area contributed by atoms with Crippen molar-refractivity contribution in [3.05, 3.63) is 70.1 Å². The number of carbonyl (C=O) groups is 1. The molecule has 0 aliphatic heterocycles. The Labute approximate surface area is 190 Å². The molecule has 2 heterocycles. The number of nitrogens with zero attached hydrogens (tertiary/aromatic N) is 3. The number of hydrogen-bond acceptors (Lipinski definition) is 6. The van der Waals surface area contributed by atoms with Crippen molar-refractivity contribution < 1.29 is 21.6 Å². The summed E-state index contributed by atoms with van der Waals surface area (Å²) in [5.74, 6) is -0.385. The number of para-hydroxylation sites is 1. The molecular formula is C23H23ClN3O3S-. The average Bonchev–Trinajstić information content (AvgIpc) is 3.12. The van der Waals surface area contributed by atoms with Crippen LogP contribution in [0.3, 0.4) is 0 Å².